The average molecular weight is 298 g/mol. The van der Waals surface area contributed by atoms with Crippen molar-refractivity contribution in [3.63, 3.8) is 0 Å². The second-order valence-electron chi connectivity index (χ2n) is 4.81. The number of ether oxygens (including phenoxy) is 1. The fraction of sp³-hybridized carbons (Fsp3) is 0.500. The molecule has 0 saturated carbocycles. The largest absolute Gasteiger partial charge is 0.368 e. The lowest BCUT2D eigenvalue weighted by molar-refractivity contribution is -0.141. The molecule has 2 fully saturated rings. The predicted octanol–water partition coefficient (Wildman–Crippen LogP) is 3.09. The molecule has 2 aliphatic rings. The Morgan fingerprint density at radius 2 is 2.37 bits per heavy atom. The van der Waals surface area contributed by atoms with E-state index >= 15 is 0 Å². The second kappa shape index (κ2) is 5.73. The van der Waals surface area contributed by atoms with Gasteiger partial charge in [-0.15, -0.1) is 11.8 Å². The quantitative estimate of drug-likeness (QED) is 0.840. The van der Waals surface area contributed by atoms with Gasteiger partial charge < -0.3 is 9.64 Å². The van der Waals surface area contributed by atoms with Crippen molar-refractivity contribution in [3.8, 4) is 0 Å². The maximum absolute atomic E-state index is 12.5. The summed E-state index contributed by atoms with van der Waals surface area (Å²) in [6, 6.07) is 7.77. The molecule has 0 bridgehead atoms. The van der Waals surface area contributed by atoms with Crippen molar-refractivity contribution in [1.82, 2.24) is 4.90 Å². The number of benzene rings is 1. The molecular formula is C14H16ClNO2S. The zero-order valence-corrected chi connectivity index (χ0v) is 12.1. The van der Waals surface area contributed by atoms with Gasteiger partial charge in [0.05, 0.1) is 0 Å². The van der Waals surface area contributed by atoms with Crippen molar-refractivity contribution in [1.29, 1.82) is 0 Å². The lowest BCUT2D eigenvalue weighted by atomic mass is 10.1. The molecule has 0 radical (unpaired) electrons. The average Bonchev–Trinajstić information content (AvgIpc) is 3.09. The van der Waals surface area contributed by atoms with Crippen LogP contribution in [0.5, 0.6) is 0 Å². The summed E-state index contributed by atoms with van der Waals surface area (Å²) in [5.41, 5.74) is 1.10. The van der Waals surface area contributed by atoms with E-state index in [1.807, 2.05) is 29.2 Å². The van der Waals surface area contributed by atoms with Crippen LogP contribution in [0.4, 0.5) is 0 Å². The Balaban J connectivity index is 1.79. The molecule has 2 saturated heterocycles. The summed E-state index contributed by atoms with van der Waals surface area (Å²) in [5, 5.41) is 0.796. The number of hydrogen-bond donors (Lipinski definition) is 0. The van der Waals surface area contributed by atoms with E-state index in [0.717, 1.165) is 35.7 Å². The zero-order valence-electron chi connectivity index (χ0n) is 10.5. The van der Waals surface area contributed by atoms with Crippen LogP contribution in [0.25, 0.3) is 0 Å². The van der Waals surface area contributed by atoms with Crippen molar-refractivity contribution in [3.05, 3.63) is 34.9 Å². The van der Waals surface area contributed by atoms with Crippen LogP contribution < -0.4 is 0 Å². The lowest BCUT2D eigenvalue weighted by Gasteiger charge is -2.26. The van der Waals surface area contributed by atoms with Gasteiger partial charge in [-0.25, -0.2) is 0 Å². The van der Waals surface area contributed by atoms with Crippen LogP contribution in [-0.2, 0) is 9.53 Å². The van der Waals surface area contributed by atoms with E-state index in [0.29, 0.717) is 6.61 Å². The van der Waals surface area contributed by atoms with Crippen LogP contribution in [0.15, 0.2) is 24.3 Å². The highest BCUT2D eigenvalue weighted by Gasteiger charge is 2.36. The first-order chi connectivity index (χ1) is 9.25. The summed E-state index contributed by atoms with van der Waals surface area (Å²) in [7, 11) is 0. The molecule has 3 rings (SSSR count). The van der Waals surface area contributed by atoms with Crippen LogP contribution in [-0.4, -0.2) is 35.8 Å². The van der Waals surface area contributed by atoms with Gasteiger partial charge in [0.15, 0.2) is 0 Å². The van der Waals surface area contributed by atoms with Crippen LogP contribution in [0.3, 0.4) is 0 Å². The van der Waals surface area contributed by atoms with Gasteiger partial charge in [-0.3, -0.25) is 4.79 Å². The van der Waals surface area contributed by atoms with Crippen LogP contribution in [0.2, 0.25) is 5.02 Å². The molecule has 19 heavy (non-hydrogen) atoms. The highest BCUT2D eigenvalue weighted by molar-refractivity contribution is 7.99. The Morgan fingerprint density at radius 3 is 3.11 bits per heavy atom. The minimum absolute atomic E-state index is 0.0791. The molecule has 0 N–H and O–H groups in total. The highest BCUT2D eigenvalue weighted by atomic mass is 35.5. The number of thioether (sulfide) groups is 1. The molecule has 1 amide bonds. The van der Waals surface area contributed by atoms with Gasteiger partial charge in [0, 0.05) is 23.9 Å². The number of hydrogen-bond acceptors (Lipinski definition) is 3. The summed E-state index contributed by atoms with van der Waals surface area (Å²) in [4.78, 5) is 14.4. The molecule has 1 aromatic rings. The number of carbonyl (C=O) groups is 1. The van der Waals surface area contributed by atoms with Crippen LogP contribution in [0.1, 0.15) is 23.8 Å². The van der Waals surface area contributed by atoms with E-state index < -0.39 is 0 Å². The van der Waals surface area contributed by atoms with Gasteiger partial charge in [0.25, 0.3) is 5.91 Å². The highest BCUT2D eigenvalue weighted by Crippen LogP contribution is 2.39. The molecule has 3 nitrogen and oxygen atoms in total. The first-order valence-electron chi connectivity index (χ1n) is 6.55. The van der Waals surface area contributed by atoms with E-state index in [1.54, 1.807) is 11.8 Å². The van der Waals surface area contributed by atoms with Gasteiger partial charge >= 0.3 is 0 Å². The first-order valence-corrected chi connectivity index (χ1v) is 7.97. The lowest BCUT2D eigenvalue weighted by Crippen LogP contribution is -2.38. The summed E-state index contributed by atoms with van der Waals surface area (Å²) < 4.78 is 5.51. The number of amides is 1. The topological polar surface area (TPSA) is 29.5 Å². The Morgan fingerprint density at radius 1 is 1.47 bits per heavy atom. The normalized spacial score (nSPS) is 26.9. The molecule has 2 atom stereocenters. The molecule has 102 valence electrons. The van der Waals surface area contributed by atoms with Gasteiger partial charge in [-0.1, -0.05) is 23.7 Å². The molecule has 0 aromatic heterocycles. The third kappa shape index (κ3) is 2.76. The Bertz CT molecular complexity index is 476. The minimum Gasteiger partial charge on any atom is -0.368 e. The molecule has 2 heterocycles. The molecule has 2 unspecified atom stereocenters. The fourth-order valence-corrected chi connectivity index (χ4v) is 4.04. The zero-order chi connectivity index (χ0) is 13.2. The molecule has 0 spiro atoms. The fourth-order valence-electron chi connectivity index (χ4n) is 2.59. The smallest absolute Gasteiger partial charge is 0.252 e. The van der Waals surface area contributed by atoms with Gasteiger partial charge in [0.1, 0.15) is 11.5 Å². The van der Waals surface area contributed by atoms with Gasteiger partial charge in [0.2, 0.25) is 0 Å². The maximum Gasteiger partial charge on any atom is 0.252 e. The van der Waals surface area contributed by atoms with Crippen LogP contribution in [0, 0.1) is 0 Å². The molecular weight excluding hydrogens is 282 g/mol. The summed E-state index contributed by atoms with van der Waals surface area (Å²) in [5.74, 6) is 1.10. The second-order valence-corrected chi connectivity index (χ2v) is 6.44. The Labute approximate surface area is 122 Å². The summed E-state index contributed by atoms with van der Waals surface area (Å²) in [6.45, 7) is 1.50. The maximum atomic E-state index is 12.5. The Hall–Kier alpha value is -0.710. The SMILES string of the molecule is O=C(C1CCCO1)N1CCSC1c1cccc(Cl)c1. The predicted molar refractivity (Wildman–Crippen MR) is 77.3 cm³/mol. The third-order valence-electron chi connectivity index (χ3n) is 3.51. The van der Waals surface area contributed by atoms with Crippen molar-refractivity contribution in [2.45, 2.75) is 24.3 Å². The van der Waals surface area contributed by atoms with Crippen molar-refractivity contribution >= 4 is 29.3 Å². The number of halogens is 1. The Kier molecular flexibility index (Phi) is 4.01. The van der Waals surface area contributed by atoms with E-state index in [1.165, 1.54) is 0 Å². The molecule has 0 aliphatic carbocycles. The summed E-state index contributed by atoms with van der Waals surface area (Å²) in [6.07, 6.45) is 1.60. The van der Waals surface area contributed by atoms with Gasteiger partial charge in [-0.2, -0.15) is 0 Å². The van der Waals surface area contributed by atoms with Crippen molar-refractivity contribution in [2.24, 2.45) is 0 Å². The molecule has 1 aromatic carbocycles. The van der Waals surface area contributed by atoms with E-state index in [-0.39, 0.29) is 17.4 Å². The number of nitrogens with zero attached hydrogens (tertiary/aromatic N) is 1. The first kappa shape index (κ1) is 13.3. The van der Waals surface area contributed by atoms with E-state index in [4.69, 9.17) is 16.3 Å². The van der Waals surface area contributed by atoms with E-state index in [2.05, 4.69) is 0 Å². The van der Waals surface area contributed by atoms with E-state index in [9.17, 15) is 4.79 Å². The standard InChI is InChI=1S/C14H16ClNO2S/c15-11-4-1-3-10(9-11)14-16(6-8-19-14)13(17)12-5-2-7-18-12/h1,3-4,9,12,14H,2,5-8H2. The number of carbonyl (C=O) groups excluding carboxylic acids is 1. The van der Waals surface area contributed by atoms with Gasteiger partial charge in [-0.05, 0) is 30.5 Å². The minimum atomic E-state index is -0.236. The van der Waals surface area contributed by atoms with Crippen molar-refractivity contribution in [2.75, 3.05) is 18.9 Å². The molecule has 5 heteroatoms. The summed E-state index contributed by atoms with van der Waals surface area (Å²) >= 11 is 7.83. The van der Waals surface area contributed by atoms with Crippen molar-refractivity contribution < 1.29 is 9.53 Å². The van der Waals surface area contributed by atoms with Crippen LogP contribution >= 0.6 is 23.4 Å². The number of rotatable bonds is 2. The molecule has 2 aliphatic heterocycles. The third-order valence-corrected chi connectivity index (χ3v) is 5.01. The monoisotopic (exact) mass is 297 g/mol.